The zero-order valence-electron chi connectivity index (χ0n) is 16.0. The van der Waals surface area contributed by atoms with Crippen LogP contribution in [0.5, 0.6) is 5.75 Å². The van der Waals surface area contributed by atoms with Crippen molar-refractivity contribution in [3.63, 3.8) is 0 Å². The summed E-state index contributed by atoms with van der Waals surface area (Å²) < 4.78 is 8.68. The molecule has 0 aliphatic heterocycles. The topological polar surface area (TPSA) is 56.5 Å². The summed E-state index contributed by atoms with van der Waals surface area (Å²) in [6.07, 6.45) is 0. The lowest BCUT2D eigenvalue weighted by Gasteiger charge is -2.18. The standard InChI is InChI=1S/C21H25N3O3/c1-4-23-18-8-6-7-9-19(18)24(21(23)26)15-20(25)22(3)14-16-10-12-17(13-11-16)27-5-2/h6-13H,4-5,14-15H2,1-3H3. The summed E-state index contributed by atoms with van der Waals surface area (Å²) in [5.41, 5.74) is 2.50. The van der Waals surface area contributed by atoms with Crippen LogP contribution in [0.15, 0.2) is 53.3 Å². The van der Waals surface area contributed by atoms with Gasteiger partial charge in [0.1, 0.15) is 12.3 Å². The van der Waals surface area contributed by atoms with E-state index in [1.807, 2.05) is 62.4 Å². The number of nitrogens with zero attached hydrogens (tertiary/aromatic N) is 3. The number of imidazole rings is 1. The van der Waals surface area contributed by atoms with Crippen molar-refractivity contribution in [1.29, 1.82) is 0 Å². The molecule has 2 aromatic carbocycles. The molecule has 0 saturated heterocycles. The Balaban J connectivity index is 1.76. The van der Waals surface area contributed by atoms with Crippen molar-refractivity contribution < 1.29 is 9.53 Å². The maximum Gasteiger partial charge on any atom is 0.329 e. The van der Waals surface area contributed by atoms with Crippen LogP contribution in [0.25, 0.3) is 11.0 Å². The van der Waals surface area contributed by atoms with Gasteiger partial charge in [0.25, 0.3) is 0 Å². The molecular weight excluding hydrogens is 342 g/mol. The van der Waals surface area contributed by atoms with Gasteiger partial charge in [-0.15, -0.1) is 0 Å². The molecule has 0 fully saturated rings. The number of hydrogen-bond donors (Lipinski definition) is 0. The second-order valence-electron chi connectivity index (χ2n) is 6.43. The number of ether oxygens (including phenoxy) is 1. The Kier molecular flexibility index (Phi) is 5.64. The third-order valence-corrected chi connectivity index (χ3v) is 4.61. The van der Waals surface area contributed by atoms with Gasteiger partial charge in [0, 0.05) is 20.1 Å². The summed E-state index contributed by atoms with van der Waals surface area (Å²) >= 11 is 0. The van der Waals surface area contributed by atoms with Crippen LogP contribution in [0.2, 0.25) is 0 Å². The monoisotopic (exact) mass is 367 g/mol. The predicted molar refractivity (Wildman–Crippen MR) is 106 cm³/mol. The van der Waals surface area contributed by atoms with Crippen LogP contribution in [0.1, 0.15) is 19.4 Å². The van der Waals surface area contributed by atoms with Gasteiger partial charge >= 0.3 is 5.69 Å². The van der Waals surface area contributed by atoms with E-state index in [4.69, 9.17) is 4.74 Å². The molecule has 0 saturated carbocycles. The lowest BCUT2D eigenvalue weighted by Crippen LogP contribution is -2.34. The molecule has 1 amide bonds. The number of amides is 1. The quantitative estimate of drug-likeness (QED) is 0.645. The van der Waals surface area contributed by atoms with E-state index >= 15 is 0 Å². The molecule has 6 nitrogen and oxygen atoms in total. The summed E-state index contributed by atoms with van der Waals surface area (Å²) in [6, 6.07) is 15.3. The van der Waals surface area contributed by atoms with Crippen LogP contribution in [-0.4, -0.2) is 33.6 Å². The van der Waals surface area contributed by atoms with Gasteiger partial charge in [0.2, 0.25) is 5.91 Å². The summed E-state index contributed by atoms with van der Waals surface area (Å²) in [7, 11) is 1.75. The predicted octanol–water partition coefficient (Wildman–Crippen LogP) is 2.88. The van der Waals surface area contributed by atoms with E-state index in [1.165, 1.54) is 0 Å². The highest BCUT2D eigenvalue weighted by atomic mass is 16.5. The number of carbonyl (C=O) groups is 1. The average Bonchev–Trinajstić information content (AvgIpc) is 2.94. The second kappa shape index (κ2) is 8.12. The molecule has 0 N–H and O–H groups in total. The van der Waals surface area contributed by atoms with Crippen molar-refractivity contribution in [3.8, 4) is 5.75 Å². The Morgan fingerprint density at radius 2 is 1.63 bits per heavy atom. The molecule has 27 heavy (non-hydrogen) atoms. The van der Waals surface area contributed by atoms with Gasteiger partial charge in [0.15, 0.2) is 0 Å². The van der Waals surface area contributed by atoms with Crippen molar-refractivity contribution >= 4 is 16.9 Å². The molecule has 1 heterocycles. The minimum Gasteiger partial charge on any atom is -0.494 e. The molecule has 0 atom stereocenters. The summed E-state index contributed by atoms with van der Waals surface area (Å²) in [4.78, 5) is 27.0. The minimum absolute atomic E-state index is 0.0277. The van der Waals surface area contributed by atoms with Crippen molar-refractivity contribution in [2.45, 2.75) is 33.5 Å². The maximum absolute atomic E-state index is 12.7. The Morgan fingerprint density at radius 1 is 1.00 bits per heavy atom. The molecule has 1 aromatic heterocycles. The SMILES string of the molecule is CCOc1ccc(CN(C)C(=O)Cn2c(=O)n(CC)c3ccccc32)cc1. The number of hydrogen-bond acceptors (Lipinski definition) is 3. The van der Waals surface area contributed by atoms with E-state index < -0.39 is 0 Å². The normalized spacial score (nSPS) is 10.9. The van der Waals surface area contributed by atoms with Crippen LogP contribution >= 0.6 is 0 Å². The third kappa shape index (κ3) is 3.89. The van der Waals surface area contributed by atoms with Gasteiger partial charge in [-0.25, -0.2) is 4.79 Å². The summed E-state index contributed by atoms with van der Waals surface area (Å²) in [5.74, 6) is 0.708. The number of aromatic nitrogens is 2. The number of para-hydroxylation sites is 2. The first-order valence-electron chi connectivity index (χ1n) is 9.19. The molecule has 0 aliphatic rings. The molecule has 0 radical (unpaired) electrons. The van der Waals surface area contributed by atoms with Gasteiger partial charge in [-0.1, -0.05) is 24.3 Å². The van der Waals surface area contributed by atoms with Gasteiger partial charge < -0.3 is 9.64 Å². The molecule has 3 aromatic rings. The first-order valence-corrected chi connectivity index (χ1v) is 9.19. The number of rotatable bonds is 7. The van der Waals surface area contributed by atoms with Crippen molar-refractivity contribution in [2.24, 2.45) is 0 Å². The highest BCUT2D eigenvalue weighted by Gasteiger charge is 2.17. The first-order chi connectivity index (χ1) is 13.0. The molecule has 0 aliphatic carbocycles. The van der Waals surface area contributed by atoms with Gasteiger partial charge in [-0.2, -0.15) is 0 Å². The second-order valence-corrected chi connectivity index (χ2v) is 6.43. The Labute approximate surface area is 158 Å². The molecule has 0 unspecified atom stereocenters. The lowest BCUT2D eigenvalue weighted by atomic mass is 10.2. The van der Waals surface area contributed by atoms with E-state index in [-0.39, 0.29) is 18.1 Å². The van der Waals surface area contributed by atoms with E-state index in [1.54, 1.807) is 21.1 Å². The van der Waals surface area contributed by atoms with Crippen molar-refractivity contribution in [2.75, 3.05) is 13.7 Å². The number of aryl methyl sites for hydroxylation is 1. The van der Waals surface area contributed by atoms with Gasteiger partial charge in [0.05, 0.1) is 17.6 Å². The third-order valence-electron chi connectivity index (χ3n) is 4.61. The average molecular weight is 367 g/mol. The fourth-order valence-electron chi connectivity index (χ4n) is 3.21. The zero-order valence-corrected chi connectivity index (χ0v) is 16.0. The Bertz CT molecular complexity index is 986. The minimum atomic E-state index is -0.151. The lowest BCUT2D eigenvalue weighted by molar-refractivity contribution is -0.131. The van der Waals surface area contributed by atoms with Crippen LogP contribution in [0, 0.1) is 0 Å². The smallest absolute Gasteiger partial charge is 0.329 e. The van der Waals surface area contributed by atoms with Crippen LogP contribution in [-0.2, 0) is 24.4 Å². The van der Waals surface area contributed by atoms with Crippen LogP contribution < -0.4 is 10.4 Å². The highest BCUT2D eigenvalue weighted by Crippen LogP contribution is 2.15. The highest BCUT2D eigenvalue weighted by molar-refractivity contribution is 5.80. The molecule has 6 heteroatoms. The number of carbonyl (C=O) groups excluding carboxylic acids is 1. The fraction of sp³-hybridized carbons (Fsp3) is 0.333. The molecular formula is C21H25N3O3. The molecule has 142 valence electrons. The fourth-order valence-corrected chi connectivity index (χ4v) is 3.21. The van der Waals surface area contributed by atoms with E-state index in [0.717, 1.165) is 22.3 Å². The van der Waals surface area contributed by atoms with E-state index in [0.29, 0.717) is 19.7 Å². The van der Waals surface area contributed by atoms with Crippen molar-refractivity contribution in [3.05, 3.63) is 64.6 Å². The molecule has 0 bridgehead atoms. The first kappa shape index (κ1) is 18.8. The number of likely N-dealkylation sites (N-methyl/N-ethyl adjacent to an activating group) is 1. The van der Waals surface area contributed by atoms with Gasteiger partial charge in [-0.05, 0) is 43.7 Å². The molecule has 3 rings (SSSR count). The Hall–Kier alpha value is -3.02. The van der Waals surface area contributed by atoms with Crippen LogP contribution in [0.3, 0.4) is 0 Å². The van der Waals surface area contributed by atoms with E-state index in [9.17, 15) is 9.59 Å². The largest absolute Gasteiger partial charge is 0.494 e. The number of fused-ring (bicyclic) bond motifs is 1. The summed E-state index contributed by atoms with van der Waals surface area (Å²) in [5, 5.41) is 0. The van der Waals surface area contributed by atoms with Crippen molar-refractivity contribution in [1.82, 2.24) is 14.0 Å². The molecule has 0 spiro atoms. The van der Waals surface area contributed by atoms with Gasteiger partial charge in [-0.3, -0.25) is 13.9 Å². The zero-order chi connectivity index (χ0) is 19.4. The summed E-state index contributed by atoms with van der Waals surface area (Å²) in [6.45, 7) is 5.57. The number of benzene rings is 2. The van der Waals surface area contributed by atoms with E-state index in [2.05, 4.69) is 0 Å². The van der Waals surface area contributed by atoms with Crippen LogP contribution in [0.4, 0.5) is 0 Å². The maximum atomic E-state index is 12.7. The Morgan fingerprint density at radius 3 is 2.22 bits per heavy atom.